The lowest BCUT2D eigenvalue weighted by Crippen LogP contribution is -2.44. The van der Waals surface area contributed by atoms with E-state index in [1.54, 1.807) is 0 Å². The van der Waals surface area contributed by atoms with E-state index in [0.717, 1.165) is 12.8 Å². The molecule has 1 aliphatic carbocycles. The average molecular weight is 198 g/mol. The Hall–Kier alpha value is -0.830. The lowest BCUT2D eigenvalue weighted by molar-refractivity contribution is -0.151. The minimum atomic E-state index is -1.07. The van der Waals surface area contributed by atoms with E-state index in [2.05, 4.69) is 13.5 Å². The summed E-state index contributed by atoms with van der Waals surface area (Å²) >= 11 is 0. The zero-order valence-corrected chi connectivity index (χ0v) is 8.57. The lowest BCUT2D eigenvalue weighted by Gasteiger charge is -2.37. The van der Waals surface area contributed by atoms with Crippen LogP contribution in [0.3, 0.4) is 0 Å². The van der Waals surface area contributed by atoms with E-state index in [9.17, 15) is 9.90 Å². The first-order valence-corrected chi connectivity index (χ1v) is 5.07. The second-order valence-electron chi connectivity index (χ2n) is 4.34. The molecule has 3 nitrogen and oxygen atoms in total. The van der Waals surface area contributed by atoms with Crippen LogP contribution >= 0.6 is 0 Å². The number of hydrogen-bond acceptors (Lipinski definition) is 2. The van der Waals surface area contributed by atoms with Crippen LogP contribution in [0.15, 0.2) is 12.7 Å². The largest absolute Gasteiger partial charge is 0.481 e. The molecule has 0 aliphatic heterocycles. The molecule has 1 saturated carbocycles. The quantitative estimate of drug-likeness (QED) is 0.680. The van der Waals surface area contributed by atoms with Crippen molar-refractivity contribution in [3.8, 4) is 0 Å². The molecule has 1 fully saturated rings. The normalized spacial score (nSPS) is 34.9. The minimum Gasteiger partial charge on any atom is -0.481 e. The molecule has 1 aliphatic rings. The topological polar surface area (TPSA) is 57.5 Å². The first kappa shape index (κ1) is 11.2. The van der Waals surface area contributed by atoms with Crippen molar-refractivity contribution in [3.05, 3.63) is 12.7 Å². The van der Waals surface area contributed by atoms with Crippen LogP contribution in [0.25, 0.3) is 0 Å². The van der Waals surface area contributed by atoms with Crippen molar-refractivity contribution >= 4 is 5.97 Å². The second kappa shape index (κ2) is 4.13. The summed E-state index contributed by atoms with van der Waals surface area (Å²) in [6.45, 7) is 5.61. The van der Waals surface area contributed by atoms with Gasteiger partial charge in [-0.2, -0.15) is 0 Å². The Morgan fingerprint density at radius 2 is 2.07 bits per heavy atom. The Kier molecular flexibility index (Phi) is 3.32. The van der Waals surface area contributed by atoms with E-state index in [1.807, 2.05) is 0 Å². The predicted molar refractivity (Wildman–Crippen MR) is 53.9 cm³/mol. The van der Waals surface area contributed by atoms with Gasteiger partial charge in [-0.25, -0.2) is 0 Å². The highest BCUT2D eigenvalue weighted by Crippen LogP contribution is 2.37. The van der Waals surface area contributed by atoms with Crippen molar-refractivity contribution in [1.29, 1.82) is 0 Å². The number of aliphatic carboxylic acids is 1. The fourth-order valence-electron chi connectivity index (χ4n) is 2.12. The highest BCUT2D eigenvalue weighted by molar-refractivity contribution is 5.73. The Morgan fingerprint density at radius 1 is 1.57 bits per heavy atom. The van der Waals surface area contributed by atoms with Gasteiger partial charge in [-0.1, -0.05) is 13.0 Å². The summed E-state index contributed by atoms with van der Waals surface area (Å²) in [5, 5.41) is 19.1. The van der Waals surface area contributed by atoms with Gasteiger partial charge in [-0.05, 0) is 31.6 Å². The molecular formula is C11H18O3. The van der Waals surface area contributed by atoms with E-state index in [-0.39, 0.29) is 0 Å². The summed E-state index contributed by atoms with van der Waals surface area (Å²) in [4.78, 5) is 10.9. The molecule has 0 aromatic heterocycles. The smallest absolute Gasteiger partial charge is 0.313 e. The molecular weight excluding hydrogens is 180 g/mol. The first-order chi connectivity index (χ1) is 6.49. The van der Waals surface area contributed by atoms with Gasteiger partial charge >= 0.3 is 5.97 Å². The summed E-state index contributed by atoms with van der Waals surface area (Å²) in [6, 6.07) is 0. The molecule has 0 aromatic carbocycles. The number of hydrogen-bond donors (Lipinski definition) is 2. The third-order valence-electron chi connectivity index (χ3n) is 3.22. The van der Waals surface area contributed by atoms with Gasteiger partial charge in [0.25, 0.3) is 0 Å². The van der Waals surface area contributed by atoms with Crippen molar-refractivity contribution in [3.63, 3.8) is 0 Å². The van der Waals surface area contributed by atoms with Crippen LogP contribution in [0.2, 0.25) is 0 Å². The second-order valence-corrected chi connectivity index (χ2v) is 4.34. The van der Waals surface area contributed by atoms with Crippen LogP contribution in [0, 0.1) is 11.8 Å². The van der Waals surface area contributed by atoms with Crippen molar-refractivity contribution < 1.29 is 15.0 Å². The van der Waals surface area contributed by atoms with Gasteiger partial charge in [0.15, 0.2) is 0 Å². The number of carboxylic acids is 1. The van der Waals surface area contributed by atoms with Crippen LogP contribution < -0.4 is 0 Å². The molecule has 0 radical (unpaired) electrons. The van der Waals surface area contributed by atoms with E-state index >= 15 is 0 Å². The van der Waals surface area contributed by atoms with Crippen LogP contribution in [0.4, 0.5) is 0 Å². The van der Waals surface area contributed by atoms with E-state index in [4.69, 9.17) is 5.11 Å². The molecule has 0 heterocycles. The van der Waals surface area contributed by atoms with Gasteiger partial charge in [0.1, 0.15) is 5.92 Å². The van der Waals surface area contributed by atoms with Crippen molar-refractivity contribution in [2.45, 2.75) is 38.2 Å². The Labute approximate surface area is 84.4 Å². The summed E-state index contributed by atoms with van der Waals surface area (Å²) < 4.78 is 0. The van der Waals surface area contributed by atoms with Gasteiger partial charge in [0.2, 0.25) is 0 Å². The van der Waals surface area contributed by atoms with Gasteiger partial charge in [0.05, 0.1) is 5.60 Å². The summed E-state index contributed by atoms with van der Waals surface area (Å²) in [5.41, 5.74) is -1.07. The van der Waals surface area contributed by atoms with Crippen LogP contribution in [-0.4, -0.2) is 21.8 Å². The van der Waals surface area contributed by atoms with Gasteiger partial charge in [-0.15, -0.1) is 6.58 Å². The first-order valence-electron chi connectivity index (χ1n) is 5.07. The Balaban J connectivity index is 2.73. The Morgan fingerprint density at radius 3 is 2.43 bits per heavy atom. The van der Waals surface area contributed by atoms with E-state index in [0.29, 0.717) is 18.8 Å². The molecule has 0 saturated heterocycles. The number of carboxylic acid groups (broad SMARTS) is 1. The molecule has 0 spiro atoms. The van der Waals surface area contributed by atoms with Gasteiger partial charge in [-0.3, -0.25) is 4.79 Å². The van der Waals surface area contributed by atoms with Crippen molar-refractivity contribution in [2.75, 3.05) is 0 Å². The molecule has 14 heavy (non-hydrogen) atoms. The Bertz CT molecular complexity index is 227. The minimum absolute atomic E-state index is 0.567. The number of aliphatic hydroxyl groups is 1. The van der Waals surface area contributed by atoms with E-state index < -0.39 is 17.5 Å². The van der Waals surface area contributed by atoms with Gasteiger partial charge in [0, 0.05) is 0 Å². The molecule has 1 atom stereocenters. The molecule has 0 bridgehead atoms. The molecule has 0 aromatic rings. The fourth-order valence-corrected chi connectivity index (χ4v) is 2.12. The maximum Gasteiger partial charge on any atom is 0.313 e. The molecule has 1 unspecified atom stereocenters. The predicted octanol–water partition coefficient (Wildman–Crippen LogP) is 1.81. The van der Waals surface area contributed by atoms with Crippen molar-refractivity contribution in [1.82, 2.24) is 0 Å². The van der Waals surface area contributed by atoms with Crippen molar-refractivity contribution in [2.24, 2.45) is 11.8 Å². The fraction of sp³-hybridized carbons (Fsp3) is 0.727. The standard InChI is InChI=1S/C11H18O3/c1-3-9(10(12)13)11(14)6-4-8(2)5-7-11/h3,8-9,14H,1,4-7H2,2H3,(H,12,13). The zero-order valence-electron chi connectivity index (χ0n) is 8.57. The monoisotopic (exact) mass is 198 g/mol. The lowest BCUT2D eigenvalue weighted by atomic mass is 9.72. The molecule has 80 valence electrons. The van der Waals surface area contributed by atoms with Crippen LogP contribution in [0.5, 0.6) is 0 Å². The number of rotatable bonds is 3. The summed E-state index contributed by atoms with van der Waals surface area (Å²) in [6.07, 6.45) is 4.27. The van der Waals surface area contributed by atoms with Crippen LogP contribution in [0.1, 0.15) is 32.6 Å². The molecule has 2 N–H and O–H groups in total. The maximum atomic E-state index is 10.9. The highest BCUT2D eigenvalue weighted by atomic mass is 16.4. The van der Waals surface area contributed by atoms with E-state index in [1.165, 1.54) is 6.08 Å². The third kappa shape index (κ3) is 2.15. The molecule has 1 rings (SSSR count). The van der Waals surface area contributed by atoms with Crippen LogP contribution in [-0.2, 0) is 4.79 Å². The molecule has 0 amide bonds. The SMILES string of the molecule is C=CC(C(=O)O)C1(O)CCC(C)CC1. The molecule has 3 heteroatoms. The number of carbonyl (C=O) groups is 1. The zero-order chi connectivity index (χ0) is 10.8. The summed E-state index contributed by atoms with van der Waals surface area (Å²) in [5.74, 6) is -1.21. The maximum absolute atomic E-state index is 10.9. The average Bonchev–Trinajstić information content (AvgIpc) is 2.11. The van der Waals surface area contributed by atoms with Gasteiger partial charge < -0.3 is 10.2 Å². The highest BCUT2D eigenvalue weighted by Gasteiger charge is 2.41. The third-order valence-corrected chi connectivity index (χ3v) is 3.22. The summed E-state index contributed by atoms with van der Waals surface area (Å²) in [7, 11) is 0.